The number of fused-ring (bicyclic) bond motifs is 1. The lowest BCUT2D eigenvalue weighted by molar-refractivity contribution is 0.0948. The smallest absolute Gasteiger partial charge is 0.251 e. The molecule has 0 bridgehead atoms. The second kappa shape index (κ2) is 11.9. The van der Waals surface area contributed by atoms with Crippen LogP contribution in [0.1, 0.15) is 54.2 Å². The Morgan fingerprint density at radius 3 is 2.28 bits per heavy atom. The number of nitrogens with zero attached hydrogens (tertiary/aromatic N) is 3. The maximum atomic E-state index is 12.8. The molecule has 1 aliphatic heterocycles. The van der Waals surface area contributed by atoms with Gasteiger partial charge in [0.25, 0.3) is 5.91 Å². The number of carbonyl (C=O) groups excluding carboxylic acids is 1. The van der Waals surface area contributed by atoms with E-state index in [0.717, 1.165) is 56.7 Å². The van der Waals surface area contributed by atoms with E-state index in [4.69, 9.17) is 0 Å². The van der Waals surface area contributed by atoms with Gasteiger partial charge in [-0.3, -0.25) is 4.79 Å². The van der Waals surface area contributed by atoms with Crippen molar-refractivity contribution in [3.8, 4) is 16.9 Å². The molecular weight excluding hydrogens is 444 g/mol. The summed E-state index contributed by atoms with van der Waals surface area (Å²) < 4.78 is 2.41. The molecule has 2 aromatic carbocycles. The molecule has 190 valence electrons. The molecule has 1 saturated heterocycles. The zero-order chi connectivity index (χ0) is 24.7. The van der Waals surface area contributed by atoms with Gasteiger partial charge in [0.2, 0.25) is 0 Å². The van der Waals surface area contributed by atoms with Crippen LogP contribution in [-0.2, 0) is 12.8 Å². The number of rotatable bonds is 9. The Balaban J connectivity index is 1.19. The van der Waals surface area contributed by atoms with Gasteiger partial charge in [-0.15, -0.1) is 0 Å². The van der Waals surface area contributed by atoms with Crippen molar-refractivity contribution in [1.29, 1.82) is 0 Å². The lowest BCUT2D eigenvalue weighted by atomic mass is 9.98. The first-order valence-corrected chi connectivity index (χ1v) is 13.8. The van der Waals surface area contributed by atoms with Crippen molar-refractivity contribution in [2.24, 2.45) is 0 Å². The largest absolute Gasteiger partial charge is 0.352 e. The van der Waals surface area contributed by atoms with Gasteiger partial charge in [0.15, 0.2) is 0 Å². The molecule has 0 atom stereocenters. The summed E-state index contributed by atoms with van der Waals surface area (Å²) in [7, 11) is 0. The van der Waals surface area contributed by atoms with Crippen molar-refractivity contribution in [1.82, 2.24) is 19.7 Å². The third-order valence-electron chi connectivity index (χ3n) is 7.70. The fourth-order valence-electron chi connectivity index (χ4n) is 5.74. The van der Waals surface area contributed by atoms with Crippen LogP contribution < -0.4 is 5.32 Å². The fourth-order valence-corrected chi connectivity index (χ4v) is 5.74. The second-order valence-corrected chi connectivity index (χ2v) is 10.2. The summed E-state index contributed by atoms with van der Waals surface area (Å²) in [6.07, 6.45) is 6.98. The number of piperazine rings is 1. The van der Waals surface area contributed by atoms with Crippen LogP contribution in [0, 0.1) is 0 Å². The Morgan fingerprint density at radius 2 is 1.56 bits per heavy atom. The lowest BCUT2D eigenvalue weighted by Crippen LogP contribution is -2.47. The summed E-state index contributed by atoms with van der Waals surface area (Å²) in [4.78, 5) is 17.9. The van der Waals surface area contributed by atoms with E-state index in [1.807, 2.05) is 12.1 Å². The molecule has 5 nitrogen and oxygen atoms in total. The average Bonchev–Trinajstić information content (AvgIpc) is 3.32. The summed E-state index contributed by atoms with van der Waals surface area (Å²) in [5.74, 6) is 0.0205. The van der Waals surface area contributed by atoms with E-state index in [1.165, 1.54) is 61.4 Å². The number of aryl methyl sites for hydroxylation is 1. The van der Waals surface area contributed by atoms with E-state index in [-0.39, 0.29) is 5.91 Å². The summed E-state index contributed by atoms with van der Waals surface area (Å²) in [5, 5.41) is 3.13. The SMILES string of the molecule is CCCN1CCN(CCCNC(=O)c2ccc(-n3c(-c4ccccc4)cc4c3CCCC4)cc2)CC1. The number of amides is 1. The normalized spacial score (nSPS) is 16.6. The van der Waals surface area contributed by atoms with E-state index >= 15 is 0 Å². The Hall–Kier alpha value is -2.89. The van der Waals surface area contributed by atoms with E-state index in [1.54, 1.807) is 0 Å². The molecule has 2 heterocycles. The molecule has 5 heteroatoms. The Morgan fingerprint density at radius 1 is 0.861 bits per heavy atom. The standard InChI is InChI=1S/C31H40N4O/c1-2-18-33-20-22-34(23-21-33)19-8-17-32-31(36)26-13-15-28(16-14-26)35-29-12-7-6-11-27(29)24-30(35)25-9-4-3-5-10-25/h3-5,9-10,13-16,24H,2,6-8,11-12,17-23H2,1H3,(H,32,36). The van der Waals surface area contributed by atoms with Crippen LogP contribution >= 0.6 is 0 Å². The molecule has 0 radical (unpaired) electrons. The van der Waals surface area contributed by atoms with Crippen LogP contribution in [0.4, 0.5) is 0 Å². The molecule has 1 aliphatic carbocycles. The quantitative estimate of drug-likeness (QED) is 0.426. The minimum absolute atomic E-state index is 0.0205. The first-order chi connectivity index (χ1) is 17.7. The van der Waals surface area contributed by atoms with Crippen molar-refractivity contribution in [2.45, 2.75) is 45.4 Å². The highest BCUT2D eigenvalue weighted by Gasteiger charge is 2.20. The van der Waals surface area contributed by atoms with Crippen LogP contribution in [0.15, 0.2) is 60.7 Å². The average molecular weight is 485 g/mol. The predicted molar refractivity (Wildman–Crippen MR) is 148 cm³/mol. The highest BCUT2D eigenvalue weighted by molar-refractivity contribution is 5.94. The molecule has 0 unspecified atom stereocenters. The number of carbonyl (C=O) groups is 1. The molecule has 36 heavy (non-hydrogen) atoms. The van der Waals surface area contributed by atoms with Crippen molar-refractivity contribution in [3.63, 3.8) is 0 Å². The molecule has 0 saturated carbocycles. The molecule has 0 spiro atoms. The predicted octanol–water partition coefficient (Wildman–Crippen LogP) is 5.17. The molecule has 3 aromatic rings. The van der Waals surface area contributed by atoms with E-state index in [0.29, 0.717) is 0 Å². The van der Waals surface area contributed by atoms with E-state index < -0.39 is 0 Å². The van der Waals surface area contributed by atoms with Crippen molar-refractivity contribution in [2.75, 3.05) is 45.8 Å². The van der Waals surface area contributed by atoms with Gasteiger partial charge in [-0.1, -0.05) is 37.3 Å². The monoisotopic (exact) mass is 484 g/mol. The molecule has 1 aromatic heterocycles. The number of aromatic nitrogens is 1. The molecule has 2 aliphatic rings. The summed E-state index contributed by atoms with van der Waals surface area (Å²) in [6.45, 7) is 9.86. The van der Waals surface area contributed by atoms with Gasteiger partial charge >= 0.3 is 0 Å². The Kier molecular flexibility index (Phi) is 8.19. The molecule has 1 amide bonds. The van der Waals surface area contributed by atoms with Gasteiger partial charge in [0.1, 0.15) is 0 Å². The number of benzene rings is 2. The van der Waals surface area contributed by atoms with Crippen LogP contribution in [-0.4, -0.2) is 66.1 Å². The molecular formula is C31H40N4O. The van der Waals surface area contributed by atoms with Crippen molar-refractivity contribution < 1.29 is 4.79 Å². The van der Waals surface area contributed by atoms with Gasteiger partial charge < -0.3 is 19.7 Å². The summed E-state index contributed by atoms with van der Waals surface area (Å²) >= 11 is 0. The Bertz CT molecular complexity index is 1130. The third-order valence-corrected chi connectivity index (χ3v) is 7.70. The van der Waals surface area contributed by atoms with E-state index in [9.17, 15) is 4.79 Å². The highest BCUT2D eigenvalue weighted by atomic mass is 16.1. The minimum atomic E-state index is 0.0205. The molecule has 1 fully saturated rings. The van der Waals surface area contributed by atoms with E-state index in [2.05, 4.69) is 75.1 Å². The number of hydrogen-bond donors (Lipinski definition) is 1. The molecule has 1 N–H and O–H groups in total. The zero-order valence-electron chi connectivity index (χ0n) is 21.7. The van der Waals surface area contributed by atoms with Crippen LogP contribution in [0.25, 0.3) is 16.9 Å². The third kappa shape index (κ3) is 5.74. The first-order valence-electron chi connectivity index (χ1n) is 13.8. The topological polar surface area (TPSA) is 40.5 Å². The van der Waals surface area contributed by atoms with Crippen molar-refractivity contribution in [3.05, 3.63) is 77.5 Å². The second-order valence-electron chi connectivity index (χ2n) is 10.2. The van der Waals surface area contributed by atoms with Crippen LogP contribution in [0.3, 0.4) is 0 Å². The van der Waals surface area contributed by atoms with Crippen LogP contribution in [0.2, 0.25) is 0 Å². The number of hydrogen-bond acceptors (Lipinski definition) is 3. The minimum Gasteiger partial charge on any atom is -0.352 e. The fraction of sp³-hybridized carbons (Fsp3) is 0.452. The zero-order valence-corrected chi connectivity index (χ0v) is 21.7. The van der Waals surface area contributed by atoms with Crippen molar-refractivity contribution >= 4 is 5.91 Å². The molecule has 5 rings (SSSR count). The van der Waals surface area contributed by atoms with Gasteiger partial charge in [0.05, 0.1) is 5.69 Å². The van der Waals surface area contributed by atoms with Gasteiger partial charge in [-0.2, -0.15) is 0 Å². The Labute approximate surface area is 216 Å². The highest BCUT2D eigenvalue weighted by Crippen LogP contribution is 2.33. The summed E-state index contributed by atoms with van der Waals surface area (Å²) in [6, 6.07) is 21.2. The van der Waals surface area contributed by atoms with Crippen LogP contribution in [0.5, 0.6) is 0 Å². The first kappa shape index (κ1) is 24.8. The number of nitrogens with one attached hydrogen (secondary N) is 1. The maximum Gasteiger partial charge on any atom is 0.251 e. The maximum absolute atomic E-state index is 12.8. The summed E-state index contributed by atoms with van der Waals surface area (Å²) in [5.41, 5.74) is 7.24. The van der Waals surface area contributed by atoms with Gasteiger partial charge in [0, 0.05) is 49.7 Å². The van der Waals surface area contributed by atoms with Gasteiger partial charge in [-0.05, 0) is 93.1 Å². The van der Waals surface area contributed by atoms with Gasteiger partial charge in [-0.25, -0.2) is 0 Å². The lowest BCUT2D eigenvalue weighted by Gasteiger charge is -2.34.